The largest absolute Gasteiger partial charge is 0.457 e. The van der Waals surface area contributed by atoms with Crippen LogP contribution in [0.5, 0.6) is 11.5 Å². The van der Waals surface area contributed by atoms with Gasteiger partial charge in [-0.2, -0.15) is 5.26 Å². The molecule has 0 N–H and O–H groups in total. The van der Waals surface area contributed by atoms with Crippen molar-refractivity contribution in [1.82, 2.24) is 9.47 Å². The molecule has 3 aromatic rings. The van der Waals surface area contributed by atoms with Crippen LogP contribution in [0.4, 0.5) is 0 Å². The van der Waals surface area contributed by atoms with Gasteiger partial charge in [-0.15, -0.1) is 0 Å². The van der Waals surface area contributed by atoms with Gasteiger partial charge >= 0.3 is 0 Å². The van der Waals surface area contributed by atoms with E-state index in [2.05, 4.69) is 6.07 Å². The van der Waals surface area contributed by atoms with Gasteiger partial charge in [-0.05, 0) is 55.3 Å². The molecule has 0 bridgehead atoms. The molecule has 1 amide bonds. The number of para-hydroxylation sites is 1. The lowest BCUT2D eigenvalue weighted by Crippen LogP contribution is -2.30. The summed E-state index contributed by atoms with van der Waals surface area (Å²) in [7, 11) is 0. The highest BCUT2D eigenvalue weighted by atomic mass is 16.5. The number of nitriles is 1. The first-order valence-corrected chi connectivity index (χ1v) is 9.00. The minimum absolute atomic E-state index is 0.0846. The molecule has 1 aliphatic rings. The second-order valence-electron chi connectivity index (χ2n) is 6.47. The first-order chi connectivity index (χ1) is 13.3. The SMILES string of the molecule is N#Cc1ccn(-c2ccc(Oc3ccccc3)cc2)c1C(=O)N1CCCC1. The van der Waals surface area contributed by atoms with Crippen molar-refractivity contribution in [1.29, 1.82) is 5.26 Å². The van der Waals surface area contributed by atoms with Crippen LogP contribution in [-0.4, -0.2) is 28.5 Å². The van der Waals surface area contributed by atoms with E-state index in [-0.39, 0.29) is 5.91 Å². The summed E-state index contributed by atoms with van der Waals surface area (Å²) in [6, 6.07) is 20.9. The maximum absolute atomic E-state index is 12.9. The summed E-state index contributed by atoms with van der Waals surface area (Å²) in [5, 5.41) is 9.42. The fourth-order valence-electron chi connectivity index (χ4n) is 3.33. The van der Waals surface area contributed by atoms with Crippen LogP contribution in [0, 0.1) is 11.3 Å². The maximum Gasteiger partial charge on any atom is 0.272 e. The van der Waals surface area contributed by atoms with Gasteiger partial charge in [-0.3, -0.25) is 4.79 Å². The summed E-state index contributed by atoms with van der Waals surface area (Å²) < 4.78 is 7.60. The van der Waals surface area contributed by atoms with Crippen molar-refractivity contribution in [2.75, 3.05) is 13.1 Å². The van der Waals surface area contributed by atoms with Gasteiger partial charge in [0.2, 0.25) is 0 Å². The van der Waals surface area contributed by atoms with E-state index < -0.39 is 0 Å². The smallest absolute Gasteiger partial charge is 0.272 e. The Bertz CT molecular complexity index is 979. The molecule has 0 atom stereocenters. The van der Waals surface area contributed by atoms with Crippen molar-refractivity contribution in [2.24, 2.45) is 0 Å². The Balaban J connectivity index is 1.62. The molecule has 0 unspecified atom stereocenters. The molecule has 0 aliphatic carbocycles. The van der Waals surface area contributed by atoms with Gasteiger partial charge in [0, 0.05) is 25.0 Å². The normalized spacial score (nSPS) is 13.4. The molecule has 1 fully saturated rings. The molecule has 0 radical (unpaired) electrons. The first-order valence-electron chi connectivity index (χ1n) is 9.00. The second kappa shape index (κ2) is 7.38. The highest BCUT2D eigenvalue weighted by Crippen LogP contribution is 2.25. The van der Waals surface area contributed by atoms with Gasteiger partial charge in [0.25, 0.3) is 5.91 Å². The van der Waals surface area contributed by atoms with E-state index in [1.54, 1.807) is 16.8 Å². The number of aromatic nitrogens is 1. The molecule has 5 nitrogen and oxygen atoms in total. The van der Waals surface area contributed by atoms with E-state index in [0.29, 0.717) is 17.0 Å². The van der Waals surface area contributed by atoms with E-state index in [0.717, 1.165) is 37.4 Å². The summed E-state index contributed by atoms with van der Waals surface area (Å²) in [4.78, 5) is 14.7. The number of amides is 1. The molecule has 134 valence electrons. The Morgan fingerprint density at radius 2 is 1.59 bits per heavy atom. The average molecular weight is 357 g/mol. The average Bonchev–Trinajstić information content (AvgIpc) is 3.39. The lowest BCUT2D eigenvalue weighted by Gasteiger charge is -2.17. The van der Waals surface area contributed by atoms with Crippen LogP contribution in [0.3, 0.4) is 0 Å². The fourth-order valence-corrected chi connectivity index (χ4v) is 3.33. The minimum atomic E-state index is -0.0846. The molecule has 0 spiro atoms. The van der Waals surface area contributed by atoms with Crippen LogP contribution in [0.2, 0.25) is 0 Å². The second-order valence-corrected chi connectivity index (χ2v) is 6.47. The molecule has 27 heavy (non-hydrogen) atoms. The van der Waals surface area contributed by atoms with Gasteiger partial charge in [0.1, 0.15) is 23.3 Å². The summed E-state index contributed by atoms with van der Waals surface area (Å²) in [5.41, 5.74) is 1.65. The van der Waals surface area contributed by atoms with Crippen molar-refractivity contribution in [2.45, 2.75) is 12.8 Å². The van der Waals surface area contributed by atoms with E-state index in [1.807, 2.05) is 59.5 Å². The Hall–Kier alpha value is -3.52. The Kier molecular flexibility index (Phi) is 4.63. The van der Waals surface area contributed by atoms with Gasteiger partial charge < -0.3 is 14.2 Å². The van der Waals surface area contributed by atoms with Gasteiger partial charge in [-0.25, -0.2) is 0 Å². The molecule has 1 aliphatic heterocycles. The molecule has 0 saturated carbocycles. The summed E-state index contributed by atoms with van der Waals surface area (Å²) >= 11 is 0. The van der Waals surface area contributed by atoms with Crippen molar-refractivity contribution in [3.63, 3.8) is 0 Å². The van der Waals surface area contributed by atoms with Crippen molar-refractivity contribution >= 4 is 5.91 Å². The number of hydrogen-bond donors (Lipinski definition) is 0. The predicted molar refractivity (Wildman–Crippen MR) is 102 cm³/mol. The van der Waals surface area contributed by atoms with E-state index in [1.165, 1.54) is 0 Å². The number of ether oxygens (including phenoxy) is 1. The third-order valence-electron chi connectivity index (χ3n) is 4.70. The van der Waals surface area contributed by atoms with E-state index in [4.69, 9.17) is 4.74 Å². The highest BCUT2D eigenvalue weighted by Gasteiger charge is 2.25. The van der Waals surface area contributed by atoms with Gasteiger partial charge in [-0.1, -0.05) is 18.2 Å². The number of nitrogens with zero attached hydrogens (tertiary/aromatic N) is 3. The van der Waals surface area contributed by atoms with Crippen LogP contribution >= 0.6 is 0 Å². The molecule has 5 heteroatoms. The van der Waals surface area contributed by atoms with Crippen molar-refractivity contribution < 1.29 is 9.53 Å². The zero-order valence-corrected chi connectivity index (χ0v) is 14.8. The summed E-state index contributed by atoms with van der Waals surface area (Å²) in [6.45, 7) is 1.50. The zero-order valence-electron chi connectivity index (χ0n) is 14.8. The van der Waals surface area contributed by atoms with Crippen molar-refractivity contribution in [3.8, 4) is 23.3 Å². The first kappa shape index (κ1) is 16.9. The van der Waals surface area contributed by atoms with E-state index >= 15 is 0 Å². The van der Waals surface area contributed by atoms with Crippen LogP contribution in [0.15, 0.2) is 66.9 Å². The molecular formula is C22H19N3O2. The summed E-state index contributed by atoms with van der Waals surface area (Å²) in [6.07, 6.45) is 3.80. The molecule has 2 heterocycles. The number of hydrogen-bond acceptors (Lipinski definition) is 3. The monoisotopic (exact) mass is 357 g/mol. The van der Waals surface area contributed by atoms with Crippen molar-refractivity contribution in [3.05, 3.63) is 78.1 Å². The zero-order chi connectivity index (χ0) is 18.6. The van der Waals surface area contributed by atoms with E-state index in [9.17, 15) is 10.1 Å². The maximum atomic E-state index is 12.9. The lowest BCUT2D eigenvalue weighted by atomic mass is 10.2. The van der Waals surface area contributed by atoms with Gasteiger partial charge in [0.05, 0.1) is 5.56 Å². The number of benzene rings is 2. The lowest BCUT2D eigenvalue weighted by molar-refractivity contribution is 0.0784. The van der Waals surface area contributed by atoms with Gasteiger partial charge in [0.15, 0.2) is 0 Å². The molecular weight excluding hydrogens is 338 g/mol. The number of likely N-dealkylation sites (tertiary alicyclic amines) is 1. The molecule has 2 aromatic carbocycles. The topological polar surface area (TPSA) is 58.3 Å². The Labute approximate surface area is 158 Å². The third-order valence-corrected chi connectivity index (χ3v) is 4.70. The quantitative estimate of drug-likeness (QED) is 0.696. The standard InChI is InChI=1S/C22H19N3O2/c23-16-17-12-15-25(21(17)22(26)24-13-4-5-14-24)18-8-10-20(11-9-18)27-19-6-2-1-3-7-19/h1-3,6-12,15H,4-5,13-14H2. The van der Waals surface area contributed by atoms with Crippen LogP contribution in [0.25, 0.3) is 5.69 Å². The molecule has 1 saturated heterocycles. The Morgan fingerprint density at radius 1 is 0.926 bits per heavy atom. The predicted octanol–water partition coefficient (Wildman–Crippen LogP) is 4.38. The number of carbonyl (C=O) groups excluding carboxylic acids is 1. The number of carbonyl (C=O) groups is 1. The molecule has 4 rings (SSSR count). The summed E-state index contributed by atoms with van der Waals surface area (Å²) in [5.74, 6) is 1.39. The van der Waals surface area contributed by atoms with Crippen LogP contribution in [0.1, 0.15) is 28.9 Å². The van der Waals surface area contributed by atoms with Crippen LogP contribution < -0.4 is 4.74 Å². The Morgan fingerprint density at radius 3 is 2.26 bits per heavy atom. The number of rotatable bonds is 4. The molecule has 1 aromatic heterocycles. The third kappa shape index (κ3) is 3.42. The minimum Gasteiger partial charge on any atom is -0.457 e. The van der Waals surface area contributed by atoms with Crippen LogP contribution in [-0.2, 0) is 0 Å². The fraction of sp³-hybridized carbons (Fsp3) is 0.182. The highest BCUT2D eigenvalue weighted by molar-refractivity contribution is 5.96.